The van der Waals surface area contributed by atoms with Crippen LogP contribution in [-0.4, -0.2) is 44.0 Å². The second kappa shape index (κ2) is 10.2. The van der Waals surface area contributed by atoms with E-state index in [1.807, 2.05) is 43.3 Å². The number of rotatable bonds is 8. The molecule has 0 radical (unpaired) electrons. The number of piperidine rings is 1. The molecule has 1 saturated heterocycles. The second-order valence-corrected chi connectivity index (χ2v) is 8.85. The van der Waals surface area contributed by atoms with Gasteiger partial charge in [0.15, 0.2) is 0 Å². The molecule has 1 aliphatic heterocycles. The summed E-state index contributed by atoms with van der Waals surface area (Å²) in [6.07, 6.45) is 3.20. The predicted octanol–water partition coefficient (Wildman–Crippen LogP) is 4.33. The van der Waals surface area contributed by atoms with Crippen LogP contribution in [0.2, 0.25) is 0 Å². The lowest BCUT2D eigenvalue weighted by atomic mass is 10.0. The number of nitrogens with zero attached hydrogens (tertiary/aromatic N) is 1. The van der Waals surface area contributed by atoms with E-state index in [1.54, 1.807) is 13.2 Å². The molecule has 3 aromatic rings. The number of carbonyl (C=O) groups is 1. The number of aryl methyl sites for hydroxylation is 2. The van der Waals surface area contributed by atoms with E-state index in [0.29, 0.717) is 24.0 Å². The standard InChI is InChI=1S/C27H31NO5/c1-18-25(32-24-12-14-28(2)15-13-24)11-7-20-16-21(27(30)33-26(18)20)17-22(29)8-4-19-5-9-23(31-3)10-6-19/h5-7,9-11,16,24H,4,8,12-15,17H2,1-3H3. The molecule has 0 bridgehead atoms. The van der Waals surface area contributed by atoms with Crippen molar-refractivity contribution in [3.63, 3.8) is 0 Å². The number of ether oxygens (including phenoxy) is 2. The van der Waals surface area contributed by atoms with Gasteiger partial charge in [0, 0.05) is 42.4 Å². The Hall–Kier alpha value is -3.12. The van der Waals surface area contributed by atoms with Gasteiger partial charge in [0.05, 0.1) is 7.11 Å². The molecular formula is C27H31NO5. The van der Waals surface area contributed by atoms with E-state index in [9.17, 15) is 9.59 Å². The van der Waals surface area contributed by atoms with Crippen molar-refractivity contribution in [2.45, 2.75) is 45.1 Å². The van der Waals surface area contributed by atoms with Crippen LogP contribution in [0.1, 0.15) is 36.0 Å². The number of methoxy groups -OCH3 is 1. The second-order valence-electron chi connectivity index (χ2n) is 8.85. The van der Waals surface area contributed by atoms with Crippen LogP contribution in [0, 0.1) is 6.92 Å². The Kier molecular flexibility index (Phi) is 7.14. The fraction of sp³-hybridized carbons (Fsp3) is 0.407. The minimum absolute atomic E-state index is 0.0106. The first-order valence-electron chi connectivity index (χ1n) is 11.5. The number of likely N-dealkylation sites (tertiary alicyclic amines) is 1. The summed E-state index contributed by atoms with van der Waals surface area (Å²) in [5, 5.41) is 0.806. The summed E-state index contributed by atoms with van der Waals surface area (Å²) in [5.74, 6) is 1.55. The Labute approximate surface area is 194 Å². The molecule has 0 amide bonds. The first kappa shape index (κ1) is 23.1. The van der Waals surface area contributed by atoms with Crippen molar-refractivity contribution < 1.29 is 18.7 Å². The highest BCUT2D eigenvalue weighted by Crippen LogP contribution is 2.29. The Balaban J connectivity index is 1.43. The monoisotopic (exact) mass is 449 g/mol. The van der Waals surface area contributed by atoms with Gasteiger partial charge in [0.25, 0.3) is 0 Å². The molecule has 0 spiro atoms. The quantitative estimate of drug-likeness (QED) is 0.477. The molecular weight excluding hydrogens is 418 g/mol. The fourth-order valence-electron chi connectivity index (χ4n) is 4.26. The third-order valence-electron chi connectivity index (χ3n) is 6.37. The van der Waals surface area contributed by atoms with Gasteiger partial charge in [-0.2, -0.15) is 0 Å². The maximum atomic E-state index is 12.6. The van der Waals surface area contributed by atoms with Crippen molar-refractivity contribution in [3.8, 4) is 11.5 Å². The van der Waals surface area contributed by atoms with E-state index in [1.165, 1.54) is 0 Å². The smallest absolute Gasteiger partial charge is 0.339 e. The van der Waals surface area contributed by atoms with E-state index in [-0.39, 0.29) is 18.3 Å². The minimum atomic E-state index is -0.458. The highest BCUT2D eigenvalue weighted by atomic mass is 16.5. The summed E-state index contributed by atoms with van der Waals surface area (Å²) in [4.78, 5) is 27.5. The molecule has 0 atom stereocenters. The molecule has 0 aliphatic carbocycles. The highest BCUT2D eigenvalue weighted by molar-refractivity contribution is 5.85. The van der Waals surface area contributed by atoms with Gasteiger partial charge in [-0.15, -0.1) is 0 Å². The topological polar surface area (TPSA) is 69.0 Å². The lowest BCUT2D eigenvalue weighted by Gasteiger charge is -2.29. The number of Topliss-reactive ketones (excluding diaryl/α,β-unsaturated/α-hetero) is 1. The van der Waals surface area contributed by atoms with Crippen molar-refractivity contribution in [2.75, 3.05) is 27.2 Å². The van der Waals surface area contributed by atoms with E-state index >= 15 is 0 Å². The van der Waals surface area contributed by atoms with Crippen LogP contribution >= 0.6 is 0 Å². The van der Waals surface area contributed by atoms with Gasteiger partial charge < -0.3 is 18.8 Å². The SMILES string of the molecule is COc1ccc(CCC(=O)Cc2cc3ccc(OC4CCN(C)CC4)c(C)c3oc2=O)cc1. The minimum Gasteiger partial charge on any atom is -0.497 e. The third kappa shape index (κ3) is 5.63. The first-order chi connectivity index (χ1) is 15.9. The molecule has 6 nitrogen and oxygen atoms in total. The zero-order chi connectivity index (χ0) is 23.4. The number of hydrogen-bond acceptors (Lipinski definition) is 6. The van der Waals surface area contributed by atoms with Crippen LogP contribution in [0.3, 0.4) is 0 Å². The van der Waals surface area contributed by atoms with Crippen LogP contribution < -0.4 is 15.1 Å². The third-order valence-corrected chi connectivity index (χ3v) is 6.37. The van der Waals surface area contributed by atoms with Gasteiger partial charge >= 0.3 is 5.63 Å². The highest BCUT2D eigenvalue weighted by Gasteiger charge is 2.20. The number of fused-ring (bicyclic) bond motifs is 1. The van der Waals surface area contributed by atoms with Crippen LogP contribution in [0.5, 0.6) is 11.5 Å². The van der Waals surface area contributed by atoms with Gasteiger partial charge in [-0.25, -0.2) is 4.79 Å². The average molecular weight is 450 g/mol. The maximum Gasteiger partial charge on any atom is 0.339 e. The maximum absolute atomic E-state index is 12.6. The van der Waals surface area contributed by atoms with Crippen LogP contribution in [-0.2, 0) is 17.6 Å². The number of benzene rings is 2. The Morgan fingerprint density at radius 2 is 1.85 bits per heavy atom. The fourth-order valence-corrected chi connectivity index (χ4v) is 4.26. The molecule has 33 heavy (non-hydrogen) atoms. The van der Waals surface area contributed by atoms with E-state index < -0.39 is 5.63 Å². The van der Waals surface area contributed by atoms with Crippen molar-refractivity contribution in [1.82, 2.24) is 4.90 Å². The lowest BCUT2D eigenvalue weighted by Crippen LogP contribution is -2.35. The first-order valence-corrected chi connectivity index (χ1v) is 11.5. The van der Waals surface area contributed by atoms with Crippen LogP contribution in [0.15, 0.2) is 51.7 Å². The molecule has 1 aliphatic rings. The summed E-state index contributed by atoms with van der Waals surface area (Å²) in [5.41, 5.74) is 2.34. The summed E-state index contributed by atoms with van der Waals surface area (Å²) in [6.45, 7) is 3.94. The molecule has 2 aromatic carbocycles. The Morgan fingerprint density at radius 1 is 1.12 bits per heavy atom. The van der Waals surface area contributed by atoms with Gasteiger partial charge in [-0.1, -0.05) is 12.1 Å². The van der Waals surface area contributed by atoms with E-state index in [4.69, 9.17) is 13.9 Å². The summed E-state index contributed by atoms with van der Waals surface area (Å²) < 4.78 is 17.0. The van der Waals surface area contributed by atoms with Crippen molar-refractivity contribution in [3.05, 3.63) is 69.6 Å². The lowest BCUT2D eigenvalue weighted by molar-refractivity contribution is -0.118. The summed E-state index contributed by atoms with van der Waals surface area (Å²) in [7, 11) is 3.74. The van der Waals surface area contributed by atoms with Gasteiger partial charge in [-0.3, -0.25) is 4.79 Å². The molecule has 0 unspecified atom stereocenters. The normalized spacial score (nSPS) is 15.0. The predicted molar refractivity (Wildman–Crippen MR) is 128 cm³/mol. The summed E-state index contributed by atoms with van der Waals surface area (Å²) in [6, 6.07) is 13.3. The van der Waals surface area contributed by atoms with Crippen molar-refractivity contribution in [2.24, 2.45) is 0 Å². The number of carbonyl (C=O) groups excluding carboxylic acids is 1. The zero-order valence-electron chi connectivity index (χ0n) is 19.6. The van der Waals surface area contributed by atoms with E-state index in [0.717, 1.165) is 53.9 Å². The molecule has 0 saturated carbocycles. The average Bonchev–Trinajstić information content (AvgIpc) is 2.82. The van der Waals surface area contributed by atoms with E-state index in [2.05, 4.69) is 11.9 Å². The van der Waals surface area contributed by atoms with Gasteiger partial charge in [0.2, 0.25) is 0 Å². The molecule has 1 fully saturated rings. The number of ketones is 1. The molecule has 1 aromatic heterocycles. The van der Waals surface area contributed by atoms with Crippen molar-refractivity contribution >= 4 is 16.8 Å². The molecule has 4 rings (SSSR count). The van der Waals surface area contributed by atoms with Crippen LogP contribution in [0.4, 0.5) is 0 Å². The van der Waals surface area contributed by atoms with Crippen LogP contribution in [0.25, 0.3) is 11.0 Å². The Bertz CT molecular complexity index is 1170. The molecule has 2 heterocycles. The zero-order valence-corrected chi connectivity index (χ0v) is 19.6. The van der Waals surface area contributed by atoms with Gasteiger partial charge in [-0.05, 0) is 69.1 Å². The molecule has 6 heteroatoms. The summed E-state index contributed by atoms with van der Waals surface area (Å²) >= 11 is 0. The largest absolute Gasteiger partial charge is 0.497 e. The molecule has 174 valence electrons. The number of hydrogen-bond donors (Lipinski definition) is 0. The Morgan fingerprint density at radius 3 is 2.55 bits per heavy atom. The molecule has 0 N–H and O–H groups in total. The van der Waals surface area contributed by atoms with Crippen molar-refractivity contribution in [1.29, 1.82) is 0 Å². The van der Waals surface area contributed by atoms with Gasteiger partial charge in [0.1, 0.15) is 29.0 Å².